The van der Waals surface area contributed by atoms with Crippen molar-refractivity contribution >= 4 is 11.9 Å². The number of aromatic nitrogens is 1. The maximum Gasteiger partial charge on any atom is 0.250 e. The monoisotopic (exact) mass is 484 g/mol. The SMILES string of the molecule is COc1ccccc1/C=C1\Oc2c(CN3C[C@H]4C[C@@H](C3)c3cccc(=O)n3C4)c(O)cc(C)c2C1=O. The molecule has 0 aliphatic carbocycles. The minimum absolute atomic E-state index is 0.0610. The zero-order chi connectivity index (χ0) is 25.0. The number of para-hydroxylation sites is 1. The number of phenols is 1. The van der Waals surface area contributed by atoms with Crippen LogP contribution in [0.25, 0.3) is 6.08 Å². The number of aromatic hydroxyl groups is 1. The molecule has 2 aromatic carbocycles. The number of piperidine rings is 1. The lowest BCUT2D eigenvalue weighted by atomic mass is 9.83. The van der Waals surface area contributed by atoms with E-state index in [2.05, 4.69) is 4.90 Å². The van der Waals surface area contributed by atoms with Crippen LogP contribution in [-0.2, 0) is 13.1 Å². The van der Waals surface area contributed by atoms with Crippen molar-refractivity contribution in [2.75, 3.05) is 20.2 Å². The Bertz CT molecular complexity index is 1470. The molecule has 0 spiro atoms. The van der Waals surface area contributed by atoms with Gasteiger partial charge >= 0.3 is 0 Å². The lowest BCUT2D eigenvalue weighted by molar-refractivity contribution is 0.101. The number of fused-ring (bicyclic) bond motifs is 5. The maximum absolute atomic E-state index is 13.3. The van der Waals surface area contributed by atoms with Gasteiger partial charge < -0.3 is 19.1 Å². The molecule has 3 aromatic rings. The number of pyridine rings is 1. The van der Waals surface area contributed by atoms with Crippen molar-refractivity contribution in [1.29, 1.82) is 0 Å². The van der Waals surface area contributed by atoms with Crippen LogP contribution in [0.15, 0.2) is 59.1 Å². The van der Waals surface area contributed by atoms with Gasteiger partial charge in [-0.3, -0.25) is 14.5 Å². The second kappa shape index (κ2) is 8.68. The Labute approximate surface area is 209 Å². The average Bonchev–Trinajstić information content (AvgIpc) is 3.19. The van der Waals surface area contributed by atoms with Crippen LogP contribution >= 0.6 is 0 Å². The van der Waals surface area contributed by atoms with Gasteiger partial charge in [-0.15, -0.1) is 0 Å². The summed E-state index contributed by atoms with van der Waals surface area (Å²) < 4.78 is 13.5. The number of Topliss-reactive ketones (excluding diaryl/α,β-unsaturated/α-hetero) is 1. The third-order valence-corrected chi connectivity index (χ3v) is 7.58. The molecule has 3 aliphatic heterocycles. The molecule has 6 rings (SSSR count). The first kappa shape index (κ1) is 22.6. The first-order chi connectivity index (χ1) is 17.4. The second-order valence-electron chi connectivity index (χ2n) is 9.97. The Kier molecular flexibility index (Phi) is 5.45. The van der Waals surface area contributed by atoms with Crippen LogP contribution in [0.1, 0.15) is 45.1 Å². The molecule has 7 nitrogen and oxygen atoms in total. The van der Waals surface area contributed by atoms with Crippen molar-refractivity contribution in [2.45, 2.75) is 32.4 Å². The van der Waals surface area contributed by atoms with Gasteiger partial charge in [-0.05, 0) is 49.1 Å². The fourth-order valence-corrected chi connectivity index (χ4v) is 6.01. The van der Waals surface area contributed by atoms with Crippen LogP contribution in [0.4, 0.5) is 0 Å². The molecule has 184 valence electrons. The van der Waals surface area contributed by atoms with E-state index in [-0.39, 0.29) is 28.8 Å². The molecule has 2 bridgehead atoms. The number of hydrogen-bond acceptors (Lipinski definition) is 6. The highest BCUT2D eigenvalue weighted by Crippen LogP contribution is 2.44. The van der Waals surface area contributed by atoms with Crippen LogP contribution in [-0.4, -0.2) is 40.6 Å². The van der Waals surface area contributed by atoms with Crippen LogP contribution in [0.2, 0.25) is 0 Å². The number of ether oxygens (including phenoxy) is 2. The van der Waals surface area contributed by atoms with Gasteiger partial charge in [0.1, 0.15) is 17.2 Å². The molecule has 0 saturated carbocycles. The first-order valence-corrected chi connectivity index (χ1v) is 12.3. The molecule has 0 radical (unpaired) electrons. The topological polar surface area (TPSA) is 81.0 Å². The van der Waals surface area contributed by atoms with Crippen LogP contribution in [0.3, 0.4) is 0 Å². The molecule has 4 heterocycles. The molecule has 1 saturated heterocycles. The van der Waals surface area contributed by atoms with E-state index in [1.807, 2.05) is 47.9 Å². The maximum atomic E-state index is 13.3. The molecule has 0 unspecified atom stereocenters. The molecule has 3 aliphatic rings. The van der Waals surface area contributed by atoms with E-state index in [0.29, 0.717) is 47.2 Å². The van der Waals surface area contributed by atoms with E-state index in [0.717, 1.165) is 30.8 Å². The Morgan fingerprint density at radius 3 is 2.78 bits per heavy atom. The summed E-state index contributed by atoms with van der Waals surface area (Å²) in [6.45, 7) is 4.58. The van der Waals surface area contributed by atoms with Crippen molar-refractivity contribution in [1.82, 2.24) is 9.47 Å². The highest BCUT2D eigenvalue weighted by molar-refractivity contribution is 6.16. The summed E-state index contributed by atoms with van der Waals surface area (Å²) in [4.78, 5) is 28.0. The van der Waals surface area contributed by atoms with Crippen molar-refractivity contribution in [3.63, 3.8) is 0 Å². The summed E-state index contributed by atoms with van der Waals surface area (Å²) in [6, 6.07) is 14.6. The lowest BCUT2D eigenvalue weighted by Gasteiger charge is -2.43. The molecule has 1 fully saturated rings. The number of allylic oxidation sites excluding steroid dienone is 1. The molecule has 7 heteroatoms. The number of carbonyl (C=O) groups is 1. The molecule has 1 aromatic heterocycles. The lowest BCUT2D eigenvalue weighted by Crippen LogP contribution is -2.46. The van der Waals surface area contributed by atoms with Crippen LogP contribution < -0.4 is 15.0 Å². The largest absolute Gasteiger partial charge is 0.507 e. The van der Waals surface area contributed by atoms with E-state index < -0.39 is 0 Å². The number of likely N-dealkylation sites (tertiary alicyclic amines) is 1. The fourth-order valence-electron chi connectivity index (χ4n) is 6.01. The van der Waals surface area contributed by atoms with Crippen molar-refractivity contribution < 1.29 is 19.4 Å². The Hall–Kier alpha value is -3.84. The van der Waals surface area contributed by atoms with Crippen molar-refractivity contribution in [3.05, 3.63) is 92.6 Å². The molecule has 36 heavy (non-hydrogen) atoms. The molecular weight excluding hydrogens is 456 g/mol. The van der Waals surface area contributed by atoms with Gasteiger partial charge in [0.15, 0.2) is 5.76 Å². The zero-order valence-electron chi connectivity index (χ0n) is 20.4. The minimum atomic E-state index is -0.196. The summed E-state index contributed by atoms with van der Waals surface area (Å²) >= 11 is 0. The number of ketones is 1. The second-order valence-corrected chi connectivity index (χ2v) is 9.97. The number of aryl methyl sites for hydroxylation is 1. The van der Waals surface area contributed by atoms with E-state index in [1.54, 1.807) is 25.3 Å². The fraction of sp³-hybridized carbons (Fsp3) is 0.310. The van der Waals surface area contributed by atoms with E-state index in [1.165, 1.54) is 0 Å². The number of nitrogens with zero attached hydrogens (tertiary/aromatic N) is 2. The standard InChI is InChI=1S/C29H28N2O5/c1-17-10-23(32)21(16-30-13-18-11-20(15-30)22-7-5-9-26(33)31(22)14-18)29-27(17)28(34)25(36-29)12-19-6-3-4-8-24(19)35-2/h3-10,12,18,20,32H,11,13-16H2,1-2H3/b25-12-/t18-,20+/m1/s1. The van der Waals surface area contributed by atoms with Crippen molar-refractivity contribution in [3.8, 4) is 17.2 Å². The molecule has 0 amide bonds. The number of benzene rings is 2. The highest BCUT2D eigenvalue weighted by Gasteiger charge is 2.37. The van der Waals surface area contributed by atoms with Crippen LogP contribution in [0.5, 0.6) is 17.2 Å². The predicted molar refractivity (Wildman–Crippen MR) is 136 cm³/mol. The summed E-state index contributed by atoms with van der Waals surface area (Å²) in [6.07, 6.45) is 2.75. The highest BCUT2D eigenvalue weighted by atomic mass is 16.5. The Morgan fingerprint density at radius 2 is 1.94 bits per heavy atom. The van der Waals surface area contributed by atoms with E-state index >= 15 is 0 Å². The molecule has 2 atom stereocenters. The van der Waals surface area contributed by atoms with Crippen LogP contribution in [0, 0.1) is 12.8 Å². The normalized spacial score (nSPS) is 21.7. The smallest absolute Gasteiger partial charge is 0.250 e. The molecular formula is C29H28N2O5. The zero-order valence-corrected chi connectivity index (χ0v) is 20.4. The quantitative estimate of drug-likeness (QED) is 0.562. The van der Waals surface area contributed by atoms with E-state index in [9.17, 15) is 14.7 Å². The van der Waals surface area contributed by atoms with Gasteiger partial charge in [0, 0.05) is 49.4 Å². The minimum Gasteiger partial charge on any atom is -0.507 e. The van der Waals surface area contributed by atoms with Gasteiger partial charge in [0.05, 0.1) is 18.2 Å². The Morgan fingerprint density at radius 1 is 1.11 bits per heavy atom. The van der Waals surface area contributed by atoms with Gasteiger partial charge in [0.2, 0.25) is 5.78 Å². The number of phenolic OH excluding ortho intramolecular Hbond substituents is 1. The van der Waals surface area contributed by atoms with Gasteiger partial charge in [0.25, 0.3) is 5.56 Å². The Balaban J connectivity index is 1.32. The van der Waals surface area contributed by atoms with Gasteiger partial charge in [-0.2, -0.15) is 0 Å². The molecule has 1 N–H and O–H groups in total. The van der Waals surface area contributed by atoms with Gasteiger partial charge in [-0.1, -0.05) is 24.3 Å². The van der Waals surface area contributed by atoms with Crippen molar-refractivity contribution in [2.24, 2.45) is 5.92 Å². The number of rotatable bonds is 4. The number of carbonyl (C=O) groups excluding carboxylic acids is 1. The third kappa shape index (κ3) is 3.71. The average molecular weight is 485 g/mol. The van der Waals surface area contributed by atoms with E-state index in [4.69, 9.17) is 9.47 Å². The summed E-state index contributed by atoms with van der Waals surface area (Å²) in [7, 11) is 1.59. The first-order valence-electron chi connectivity index (χ1n) is 12.3. The third-order valence-electron chi connectivity index (χ3n) is 7.58. The summed E-state index contributed by atoms with van der Waals surface area (Å²) in [5, 5.41) is 10.9. The van der Waals surface area contributed by atoms with Gasteiger partial charge in [-0.25, -0.2) is 0 Å². The summed E-state index contributed by atoms with van der Waals surface area (Å²) in [5.41, 5.74) is 3.69. The number of hydrogen-bond donors (Lipinski definition) is 1. The number of methoxy groups -OCH3 is 1. The summed E-state index contributed by atoms with van der Waals surface area (Å²) in [5.74, 6) is 1.86. The predicted octanol–water partition coefficient (Wildman–Crippen LogP) is 4.11.